The van der Waals surface area contributed by atoms with Gasteiger partial charge in [-0.1, -0.05) is 0 Å². The van der Waals surface area contributed by atoms with Crippen molar-refractivity contribution in [2.24, 2.45) is 11.7 Å². The molecule has 0 radical (unpaired) electrons. The molecule has 0 aromatic heterocycles. The van der Waals surface area contributed by atoms with Crippen LogP contribution in [0, 0.1) is 5.92 Å². The number of carbonyl (C=O) groups excluding carboxylic acids is 1. The van der Waals surface area contributed by atoms with Gasteiger partial charge in [-0.15, -0.1) is 0 Å². The quantitative estimate of drug-likeness (QED) is 0.615. The molecular formula is C12H24N2O3. The molecule has 1 unspecified atom stereocenters. The van der Waals surface area contributed by atoms with Gasteiger partial charge < -0.3 is 20.9 Å². The van der Waals surface area contributed by atoms with Crippen LogP contribution in [0.25, 0.3) is 0 Å². The van der Waals surface area contributed by atoms with Gasteiger partial charge in [-0.05, 0) is 31.6 Å². The molecule has 0 bridgehead atoms. The van der Waals surface area contributed by atoms with E-state index in [2.05, 4.69) is 5.32 Å². The molecule has 4 N–H and O–H groups in total. The highest BCUT2D eigenvalue weighted by molar-refractivity contribution is 5.76. The van der Waals surface area contributed by atoms with Gasteiger partial charge in [-0.25, -0.2) is 0 Å². The van der Waals surface area contributed by atoms with Gasteiger partial charge in [0.1, 0.15) is 0 Å². The molecule has 1 rings (SSSR count). The highest BCUT2D eigenvalue weighted by Gasteiger charge is 2.22. The lowest BCUT2D eigenvalue weighted by atomic mass is 9.86. The molecule has 5 heteroatoms. The number of aliphatic hydroxyl groups is 1. The Balaban J connectivity index is 2.23. The smallest absolute Gasteiger partial charge is 0.222 e. The van der Waals surface area contributed by atoms with Gasteiger partial charge in [0.25, 0.3) is 0 Å². The molecule has 0 aliphatic heterocycles. The summed E-state index contributed by atoms with van der Waals surface area (Å²) in [6.45, 7) is 0.626. The molecule has 1 amide bonds. The topological polar surface area (TPSA) is 84.6 Å². The number of nitrogens with two attached hydrogens (primary N) is 1. The van der Waals surface area contributed by atoms with Crippen LogP contribution < -0.4 is 11.1 Å². The number of carbonyl (C=O) groups is 1. The third-order valence-corrected chi connectivity index (χ3v) is 3.48. The second kappa shape index (κ2) is 7.63. The fourth-order valence-electron chi connectivity index (χ4n) is 2.25. The molecule has 0 heterocycles. The van der Waals surface area contributed by atoms with Crippen molar-refractivity contribution < 1.29 is 14.6 Å². The fraction of sp³-hybridized carbons (Fsp3) is 0.917. The van der Waals surface area contributed by atoms with Gasteiger partial charge in [-0.3, -0.25) is 4.79 Å². The van der Waals surface area contributed by atoms with Gasteiger partial charge in [0.05, 0.1) is 12.5 Å². The second-order valence-corrected chi connectivity index (χ2v) is 4.77. The molecule has 0 saturated heterocycles. The van der Waals surface area contributed by atoms with Crippen LogP contribution in [0.2, 0.25) is 0 Å². The van der Waals surface area contributed by atoms with E-state index in [0.717, 1.165) is 25.7 Å². The van der Waals surface area contributed by atoms with E-state index in [1.54, 1.807) is 7.11 Å². The molecule has 0 aromatic rings. The van der Waals surface area contributed by atoms with Crippen LogP contribution in [0.4, 0.5) is 0 Å². The maximum atomic E-state index is 11.7. The highest BCUT2D eigenvalue weighted by atomic mass is 16.5. The average molecular weight is 244 g/mol. The average Bonchev–Trinajstić information content (AvgIpc) is 2.37. The van der Waals surface area contributed by atoms with Crippen molar-refractivity contribution in [2.45, 2.75) is 44.2 Å². The first-order chi connectivity index (χ1) is 8.19. The largest absolute Gasteiger partial charge is 0.396 e. The van der Waals surface area contributed by atoms with Crippen LogP contribution in [0.5, 0.6) is 0 Å². The lowest BCUT2D eigenvalue weighted by Gasteiger charge is -2.28. The lowest BCUT2D eigenvalue weighted by Crippen LogP contribution is -2.40. The van der Waals surface area contributed by atoms with E-state index in [-0.39, 0.29) is 24.7 Å². The summed E-state index contributed by atoms with van der Waals surface area (Å²) in [6, 6.07) is 0.251. The molecule has 1 fully saturated rings. The molecule has 1 aliphatic rings. The van der Waals surface area contributed by atoms with Crippen molar-refractivity contribution in [2.75, 3.05) is 20.3 Å². The molecule has 1 aliphatic carbocycles. The first-order valence-electron chi connectivity index (χ1n) is 6.32. The summed E-state index contributed by atoms with van der Waals surface area (Å²) < 4.78 is 5.07. The summed E-state index contributed by atoms with van der Waals surface area (Å²) in [7, 11) is 1.57. The Bertz CT molecular complexity index is 224. The van der Waals surface area contributed by atoms with Crippen molar-refractivity contribution in [1.82, 2.24) is 5.32 Å². The molecule has 0 aromatic carbocycles. The Morgan fingerprint density at radius 2 is 2.12 bits per heavy atom. The van der Waals surface area contributed by atoms with Gasteiger partial charge in [0.15, 0.2) is 0 Å². The lowest BCUT2D eigenvalue weighted by molar-refractivity contribution is -0.124. The van der Waals surface area contributed by atoms with E-state index in [4.69, 9.17) is 15.6 Å². The number of rotatable bonds is 6. The van der Waals surface area contributed by atoms with Crippen molar-refractivity contribution in [1.29, 1.82) is 0 Å². The number of ether oxygens (including phenoxy) is 1. The van der Waals surface area contributed by atoms with E-state index < -0.39 is 0 Å². The maximum Gasteiger partial charge on any atom is 0.222 e. The van der Waals surface area contributed by atoms with Crippen molar-refractivity contribution >= 4 is 5.91 Å². The summed E-state index contributed by atoms with van der Waals surface area (Å²) in [4.78, 5) is 11.7. The number of methoxy groups -OCH3 is 1. The minimum atomic E-state index is -0.191. The summed E-state index contributed by atoms with van der Waals surface area (Å²) >= 11 is 0. The summed E-state index contributed by atoms with van der Waals surface area (Å²) in [5.74, 6) is 0.425. The van der Waals surface area contributed by atoms with Gasteiger partial charge in [0.2, 0.25) is 5.91 Å². The zero-order valence-electron chi connectivity index (χ0n) is 10.5. The van der Waals surface area contributed by atoms with Crippen LogP contribution in [-0.4, -0.2) is 43.4 Å². The molecule has 0 spiro atoms. The van der Waals surface area contributed by atoms with Crippen molar-refractivity contribution in [3.8, 4) is 0 Å². The van der Waals surface area contributed by atoms with Crippen LogP contribution in [-0.2, 0) is 9.53 Å². The Morgan fingerprint density at radius 3 is 2.59 bits per heavy atom. The summed E-state index contributed by atoms with van der Waals surface area (Å²) in [6.07, 6.45) is 4.03. The fourth-order valence-corrected chi connectivity index (χ4v) is 2.25. The number of hydrogen-bond donors (Lipinski definition) is 3. The minimum Gasteiger partial charge on any atom is -0.396 e. The Labute approximate surface area is 103 Å². The molecule has 100 valence electrons. The van der Waals surface area contributed by atoms with Crippen LogP contribution in [0.1, 0.15) is 32.1 Å². The van der Waals surface area contributed by atoms with Crippen molar-refractivity contribution in [3.05, 3.63) is 0 Å². The highest BCUT2D eigenvalue weighted by Crippen LogP contribution is 2.23. The van der Waals surface area contributed by atoms with Crippen molar-refractivity contribution in [3.63, 3.8) is 0 Å². The third-order valence-electron chi connectivity index (χ3n) is 3.48. The SMILES string of the molecule is COC(CN)CC(=O)NC1CCC(CO)CC1. The normalized spacial score (nSPS) is 26.5. The number of hydrogen-bond acceptors (Lipinski definition) is 4. The van der Waals surface area contributed by atoms with E-state index >= 15 is 0 Å². The summed E-state index contributed by atoms with van der Waals surface area (Å²) in [5, 5.41) is 12.0. The standard InChI is InChI=1S/C12H24N2O3/c1-17-11(7-13)6-12(16)14-10-4-2-9(8-15)3-5-10/h9-11,15H,2-8,13H2,1H3,(H,14,16). The molecular weight excluding hydrogens is 220 g/mol. The number of nitrogens with one attached hydrogen (secondary N) is 1. The van der Waals surface area contributed by atoms with Crippen LogP contribution in [0.3, 0.4) is 0 Å². The zero-order valence-corrected chi connectivity index (χ0v) is 10.5. The molecule has 17 heavy (non-hydrogen) atoms. The van der Waals surface area contributed by atoms with E-state index in [0.29, 0.717) is 18.9 Å². The predicted molar refractivity (Wildman–Crippen MR) is 65.4 cm³/mol. The van der Waals surface area contributed by atoms with Crippen LogP contribution in [0.15, 0.2) is 0 Å². The molecule has 5 nitrogen and oxygen atoms in total. The Hall–Kier alpha value is -0.650. The monoisotopic (exact) mass is 244 g/mol. The van der Waals surface area contributed by atoms with E-state index in [9.17, 15) is 4.79 Å². The van der Waals surface area contributed by atoms with Gasteiger partial charge >= 0.3 is 0 Å². The van der Waals surface area contributed by atoms with Gasteiger partial charge in [-0.2, -0.15) is 0 Å². The molecule has 1 atom stereocenters. The van der Waals surface area contributed by atoms with E-state index in [1.165, 1.54) is 0 Å². The van der Waals surface area contributed by atoms with E-state index in [1.807, 2.05) is 0 Å². The number of amides is 1. The second-order valence-electron chi connectivity index (χ2n) is 4.77. The molecule has 1 saturated carbocycles. The first-order valence-corrected chi connectivity index (χ1v) is 6.32. The summed E-state index contributed by atoms with van der Waals surface area (Å²) in [5.41, 5.74) is 5.47. The van der Waals surface area contributed by atoms with Crippen LogP contribution >= 0.6 is 0 Å². The Kier molecular flexibility index (Phi) is 6.47. The predicted octanol–water partition coefficient (Wildman–Crippen LogP) is 0.0175. The minimum absolute atomic E-state index is 0.00903. The number of aliphatic hydroxyl groups excluding tert-OH is 1. The first kappa shape index (κ1) is 14.4. The Morgan fingerprint density at radius 1 is 1.47 bits per heavy atom. The zero-order chi connectivity index (χ0) is 12.7. The maximum absolute atomic E-state index is 11.7. The third kappa shape index (κ3) is 5.02. The van der Waals surface area contributed by atoms with Gasteiger partial charge in [0, 0.05) is 26.3 Å².